The van der Waals surface area contributed by atoms with Gasteiger partial charge >= 0.3 is 0 Å². The average Bonchev–Trinajstić information content (AvgIpc) is 3.32. The molecule has 0 amide bonds. The normalized spacial score (nSPS) is 11.1. The third-order valence-corrected chi connectivity index (χ3v) is 13.5. The molecule has 71 heavy (non-hydrogen) atoms. The van der Waals surface area contributed by atoms with Gasteiger partial charge in [-0.25, -0.2) is 0 Å². The van der Waals surface area contributed by atoms with Crippen LogP contribution in [0.1, 0.15) is 66.8 Å². The summed E-state index contributed by atoms with van der Waals surface area (Å²) in [6.07, 6.45) is 0. The number of para-hydroxylation sites is 2. The summed E-state index contributed by atoms with van der Waals surface area (Å²) >= 11 is 0. The van der Waals surface area contributed by atoms with Gasteiger partial charge in [-0.2, -0.15) is 0 Å². The number of hydrogen-bond donors (Lipinski definition) is 2. The van der Waals surface area contributed by atoms with Crippen molar-refractivity contribution in [2.45, 2.75) is 83.1 Å². The smallest absolute Gasteiger partial charge is 0.0520 e. The quantitative estimate of drug-likeness (QED) is 0.120. The zero-order chi connectivity index (χ0) is 50.1. The second-order valence-electron chi connectivity index (χ2n) is 19.8. The van der Waals surface area contributed by atoms with Crippen molar-refractivity contribution in [3.8, 4) is 0 Å². The maximum Gasteiger partial charge on any atom is 0.0520 e. The predicted molar refractivity (Wildman–Crippen MR) is 307 cm³/mol. The summed E-state index contributed by atoms with van der Waals surface area (Å²) in [5, 5.41) is 7.70. The van der Waals surface area contributed by atoms with Crippen LogP contribution in [-0.4, -0.2) is 0 Å². The molecule has 0 aliphatic rings. The number of hydrogen-bond acceptors (Lipinski definition) is 5. The molecule has 0 bridgehead atoms. The minimum atomic E-state index is 1.02. The second-order valence-corrected chi connectivity index (χ2v) is 19.8. The molecule has 9 aromatic rings. The molecule has 0 saturated heterocycles. The number of benzene rings is 9. The molecule has 5 heteroatoms. The molecule has 0 spiro atoms. The molecule has 0 saturated carbocycles. The van der Waals surface area contributed by atoms with Crippen LogP contribution in [0.5, 0.6) is 0 Å². The van der Waals surface area contributed by atoms with Gasteiger partial charge < -0.3 is 25.3 Å². The zero-order valence-corrected chi connectivity index (χ0v) is 43.6. The number of anilines is 13. The molecule has 0 heterocycles. The van der Waals surface area contributed by atoms with E-state index in [4.69, 9.17) is 0 Å². The van der Waals surface area contributed by atoms with E-state index in [-0.39, 0.29) is 0 Å². The Balaban J connectivity index is 1.34. The predicted octanol–water partition coefficient (Wildman–Crippen LogP) is 19.3. The lowest BCUT2D eigenvalue weighted by Gasteiger charge is -2.35. The number of nitrogens with zero attached hydrogens (tertiary/aromatic N) is 3. The van der Waals surface area contributed by atoms with E-state index in [1.165, 1.54) is 66.8 Å². The third kappa shape index (κ3) is 10.2. The van der Waals surface area contributed by atoms with E-state index in [0.29, 0.717) is 0 Å². The fourth-order valence-electron chi connectivity index (χ4n) is 10.9. The van der Waals surface area contributed by atoms with Gasteiger partial charge in [-0.1, -0.05) is 119 Å². The lowest BCUT2D eigenvalue weighted by Crippen LogP contribution is -2.18. The highest BCUT2D eigenvalue weighted by molar-refractivity contribution is 5.92. The number of rotatable bonds is 13. The summed E-state index contributed by atoms with van der Waals surface area (Å²) in [7, 11) is 0. The highest BCUT2D eigenvalue weighted by Crippen LogP contribution is 2.49. The lowest BCUT2D eigenvalue weighted by atomic mass is 10.0. The molecule has 0 radical (unpaired) electrons. The average molecular weight is 930 g/mol. The molecule has 0 atom stereocenters. The largest absolute Gasteiger partial charge is 0.355 e. The first-order valence-electron chi connectivity index (χ1n) is 24.8. The monoisotopic (exact) mass is 930 g/mol. The van der Waals surface area contributed by atoms with Gasteiger partial charge in [-0.3, -0.25) is 0 Å². The van der Waals surface area contributed by atoms with Crippen LogP contribution in [0.3, 0.4) is 0 Å². The molecule has 9 rings (SSSR count). The Morgan fingerprint density at radius 2 is 0.521 bits per heavy atom. The van der Waals surface area contributed by atoms with Crippen molar-refractivity contribution in [2.75, 3.05) is 25.3 Å². The van der Waals surface area contributed by atoms with Crippen molar-refractivity contribution < 1.29 is 0 Å². The Morgan fingerprint density at radius 3 is 0.845 bits per heavy atom. The molecular formula is C66H67N5. The van der Waals surface area contributed by atoms with E-state index in [9.17, 15) is 0 Å². The maximum atomic E-state index is 3.85. The van der Waals surface area contributed by atoms with E-state index in [2.05, 4.69) is 284 Å². The van der Waals surface area contributed by atoms with Gasteiger partial charge in [0.2, 0.25) is 0 Å². The minimum absolute atomic E-state index is 1.02. The number of nitrogens with one attached hydrogen (secondary N) is 2. The first-order valence-corrected chi connectivity index (χ1v) is 24.8. The Hall–Kier alpha value is -8.02. The first-order chi connectivity index (χ1) is 34.1. The SMILES string of the molecule is Cc1cc(C)c(Nc2cccc(N(c3cc(N(c4ccccc4)c4ccccc4)cc(N(c4cccc(Nc5c(C)cc(C)cc5C)c4)c4c(C)cc(C)cc4C)c3)c3c(C)cc(C)cc3C)c2)c(C)c1. The molecule has 0 aliphatic carbocycles. The van der Waals surface area contributed by atoms with Crippen LogP contribution in [0.4, 0.5) is 73.9 Å². The van der Waals surface area contributed by atoms with Crippen LogP contribution in [-0.2, 0) is 0 Å². The van der Waals surface area contributed by atoms with Gasteiger partial charge in [0.15, 0.2) is 0 Å². The van der Waals surface area contributed by atoms with Crippen molar-refractivity contribution in [1.29, 1.82) is 0 Å². The first kappa shape index (κ1) is 48.0. The van der Waals surface area contributed by atoms with E-state index in [0.717, 1.165) is 73.9 Å². The molecule has 0 fully saturated rings. The van der Waals surface area contributed by atoms with Crippen molar-refractivity contribution in [1.82, 2.24) is 0 Å². The number of aryl methyl sites for hydroxylation is 12. The van der Waals surface area contributed by atoms with Crippen LogP contribution in [0, 0.1) is 83.1 Å². The van der Waals surface area contributed by atoms with Crippen LogP contribution in [0.2, 0.25) is 0 Å². The molecule has 5 nitrogen and oxygen atoms in total. The van der Waals surface area contributed by atoms with Crippen molar-refractivity contribution in [3.05, 3.63) is 243 Å². The molecule has 0 aliphatic heterocycles. The van der Waals surface area contributed by atoms with Crippen LogP contribution < -0.4 is 25.3 Å². The van der Waals surface area contributed by atoms with Crippen molar-refractivity contribution >= 4 is 73.9 Å². The topological polar surface area (TPSA) is 33.8 Å². The summed E-state index contributed by atoms with van der Waals surface area (Å²) < 4.78 is 0. The minimum Gasteiger partial charge on any atom is -0.355 e. The van der Waals surface area contributed by atoms with E-state index < -0.39 is 0 Å². The van der Waals surface area contributed by atoms with Gasteiger partial charge in [0.05, 0.1) is 28.4 Å². The Morgan fingerprint density at radius 1 is 0.239 bits per heavy atom. The molecule has 9 aromatic carbocycles. The molecular weight excluding hydrogens is 863 g/mol. The summed E-state index contributed by atoms with van der Waals surface area (Å²) in [6.45, 7) is 26.5. The van der Waals surface area contributed by atoms with Gasteiger partial charge in [0, 0.05) is 45.5 Å². The second kappa shape index (κ2) is 20.1. The van der Waals surface area contributed by atoms with Crippen LogP contribution in [0.15, 0.2) is 176 Å². The summed E-state index contributed by atoms with van der Waals surface area (Å²) in [6, 6.07) is 64.6. The van der Waals surface area contributed by atoms with Crippen molar-refractivity contribution in [2.24, 2.45) is 0 Å². The highest BCUT2D eigenvalue weighted by atomic mass is 15.2. The Kier molecular flexibility index (Phi) is 13.6. The summed E-state index contributed by atoms with van der Waals surface area (Å²) in [5.41, 5.74) is 28.6. The Labute approximate surface area is 423 Å². The molecule has 356 valence electrons. The van der Waals surface area contributed by atoms with Gasteiger partial charge in [-0.05, 0) is 206 Å². The van der Waals surface area contributed by atoms with Crippen molar-refractivity contribution in [3.63, 3.8) is 0 Å². The fourth-order valence-corrected chi connectivity index (χ4v) is 10.9. The lowest BCUT2D eigenvalue weighted by molar-refractivity contribution is 1.17. The molecule has 0 unspecified atom stereocenters. The van der Waals surface area contributed by atoms with E-state index in [1.54, 1.807) is 0 Å². The van der Waals surface area contributed by atoms with E-state index in [1.807, 2.05) is 0 Å². The van der Waals surface area contributed by atoms with Gasteiger partial charge in [0.25, 0.3) is 0 Å². The van der Waals surface area contributed by atoms with Gasteiger partial charge in [-0.15, -0.1) is 0 Å². The Bertz CT molecular complexity index is 3090. The van der Waals surface area contributed by atoms with Crippen LogP contribution >= 0.6 is 0 Å². The van der Waals surface area contributed by atoms with E-state index >= 15 is 0 Å². The maximum absolute atomic E-state index is 3.85. The van der Waals surface area contributed by atoms with Gasteiger partial charge in [0.1, 0.15) is 0 Å². The molecule has 0 aromatic heterocycles. The standard InChI is InChI=1S/C66H67N5/c1-42-29-46(5)63(47(6)30-42)67-54-21-19-27-58(37-54)70(65-50(9)33-44(3)34-51(65)10)61-39-60(69(56-23-15-13-16-24-56)57-25-17-14-18-26-57)40-62(41-61)71(66-52(11)35-45(4)36-53(66)12)59-28-20-22-55(38-59)68-64-48(7)31-43(2)32-49(64)8/h13-41,67-68H,1-12H3. The molecule has 2 N–H and O–H groups in total. The summed E-state index contributed by atoms with van der Waals surface area (Å²) in [4.78, 5) is 7.33. The zero-order valence-electron chi connectivity index (χ0n) is 43.6. The summed E-state index contributed by atoms with van der Waals surface area (Å²) in [5.74, 6) is 0. The highest BCUT2D eigenvalue weighted by Gasteiger charge is 2.26. The van der Waals surface area contributed by atoms with Crippen LogP contribution in [0.25, 0.3) is 0 Å². The third-order valence-electron chi connectivity index (χ3n) is 13.5. The fraction of sp³-hybridized carbons (Fsp3) is 0.182.